The van der Waals surface area contributed by atoms with Crippen molar-refractivity contribution in [1.29, 1.82) is 0 Å². The van der Waals surface area contributed by atoms with Gasteiger partial charge in [0.05, 0.1) is 23.3 Å². The van der Waals surface area contributed by atoms with Crippen molar-refractivity contribution >= 4 is 5.91 Å². The summed E-state index contributed by atoms with van der Waals surface area (Å²) in [6.07, 6.45) is 3.81. The van der Waals surface area contributed by atoms with Crippen LogP contribution in [-0.4, -0.2) is 21.9 Å². The van der Waals surface area contributed by atoms with Crippen LogP contribution in [0.25, 0.3) is 0 Å². The van der Waals surface area contributed by atoms with Gasteiger partial charge in [0, 0.05) is 6.20 Å². The van der Waals surface area contributed by atoms with E-state index in [1.54, 1.807) is 6.20 Å². The minimum atomic E-state index is -0.174. The molecule has 114 valence electrons. The highest BCUT2D eigenvalue weighted by Gasteiger charge is 2.31. The highest BCUT2D eigenvalue weighted by Crippen LogP contribution is 2.29. The Hall–Kier alpha value is -2.27. The molecule has 0 saturated heterocycles. The van der Waals surface area contributed by atoms with E-state index in [0.717, 1.165) is 17.7 Å². The van der Waals surface area contributed by atoms with E-state index in [1.807, 2.05) is 32.0 Å². The Bertz CT molecular complexity index is 699. The molecule has 1 heterocycles. The zero-order valence-electron chi connectivity index (χ0n) is 12.8. The fourth-order valence-corrected chi connectivity index (χ4v) is 2.99. The summed E-state index contributed by atoms with van der Waals surface area (Å²) in [5.41, 5.74) is 9.87. The first-order valence-electron chi connectivity index (χ1n) is 7.52. The molecule has 1 aliphatic carbocycles. The summed E-state index contributed by atoms with van der Waals surface area (Å²) in [6, 6.07) is 7.80. The van der Waals surface area contributed by atoms with Crippen LogP contribution in [0.15, 0.2) is 36.8 Å². The molecular formula is C17H20N4O. The molecule has 0 bridgehead atoms. The lowest BCUT2D eigenvalue weighted by Crippen LogP contribution is -2.41. The van der Waals surface area contributed by atoms with Crippen molar-refractivity contribution in [3.05, 3.63) is 59.2 Å². The molecule has 0 spiro atoms. The van der Waals surface area contributed by atoms with Gasteiger partial charge in [0.15, 0.2) is 0 Å². The highest BCUT2D eigenvalue weighted by atomic mass is 16.1. The number of fused-ring (bicyclic) bond motifs is 1. The van der Waals surface area contributed by atoms with Gasteiger partial charge in [-0.2, -0.15) is 0 Å². The van der Waals surface area contributed by atoms with Gasteiger partial charge >= 0.3 is 0 Å². The average Bonchev–Trinajstić information content (AvgIpc) is 2.84. The Balaban J connectivity index is 1.79. The Kier molecular flexibility index (Phi) is 3.90. The number of carbonyl (C=O) groups excluding carboxylic acids is 1. The van der Waals surface area contributed by atoms with E-state index in [-0.39, 0.29) is 23.9 Å². The third-order valence-corrected chi connectivity index (χ3v) is 4.14. The number of amides is 1. The molecule has 0 radical (unpaired) electrons. The van der Waals surface area contributed by atoms with Gasteiger partial charge in [-0.25, -0.2) is 9.97 Å². The SMILES string of the molecule is CC(C)c1ncncc1C(=O)N[C@@H]1Cc2ccccc2[C@H]1N. The van der Waals surface area contributed by atoms with Crippen molar-refractivity contribution in [2.45, 2.75) is 38.3 Å². The lowest BCUT2D eigenvalue weighted by atomic mass is 10.0. The molecule has 0 aliphatic heterocycles. The molecule has 5 nitrogen and oxygen atoms in total. The number of carbonyl (C=O) groups is 1. The number of benzene rings is 1. The van der Waals surface area contributed by atoms with Crippen LogP contribution in [0.1, 0.15) is 53.0 Å². The molecule has 3 rings (SSSR count). The number of nitrogens with two attached hydrogens (primary N) is 1. The number of hydrogen-bond acceptors (Lipinski definition) is 4. The van der Waals surface area contributed by atoms with E-state index in [0.29, 0.717) is 5.56 Å². The molecule has 1 aliphatic rings. The van der Waals surface area contributed by atoms with Crippen LogP contribution in [0.2, 0.25) is 0 Å². The van der Waals surface area contributed by atoms with E-state index in [4.69, 9.17) is 5.73 Å². The summed E-state index contributed by atoms with van der Waals surface area (Å²) in [5.74, 6) is 0.00996. The lowest BCUT2D eigenvalue weighted by Gasteiger charge is -2.19. The molecule has 1 aromatic carbocycles. The maximum absolute atomic E-state index is 12.6. The van der Waals surface area contributed by atoms with E-state index in [2.05, 4.69) is 21.4 Å². The van der Waals surface area contributed by atoms with E-state index in [1.165, 1.54) is 11.9 Å². The van der Waals surface area contributed by atoms with Crippen molar-refractivity contribution in [2.75, 3.05) is 0 Å². The van der Waals surface area contributed by atoms with Gasteiger partial charge in [0.2, 0.25) is 0 Å². The summed E-state index contributed by atoms with van der Waals surface area (Å²) < 4.78 is 0. The Morgan fingerprint density at radius 2 is 2.14 bits per heavy atom. The maximum Gasteiger partial charge on any atom is 0.255 e. The first-order valence-corrected chi connectivity index (χ1v) is 7.52. The minimum absolute atomic E-state index is 0.0925. The zero-order valence-corrected chi connectivity index (χ0v) is 12.8. The predicted octanol–water partition coefficient (Wildman–Crippen LogP) is 1.95. The van der Waals surface area contributed by atoms with Gasteiger partial charge in [-0.15, -0.1) is 0 Å². The van der Waals surface area contributed by atoms with Gasteiger partial charge in [0.1, 0.15) is 6.33 Å². The minimum Gasteiger partial charge on any atom is -0.347 e. The van der Waals surface area contributed by atoms with Crippen molar-refractivity contribution in [3.63, 3.8) is 0 Å². The average molecular weight is 296 g/mol. The molecule has 1 aromatic heterocycles. The number of nitrogens with zero attached hydrogens (tertiary/aromatic N) is 2. The summed E-state index contributed by atoms with van der Waals surface area (Å²) in [6.45, 7) is 4.02. The highest BCUT2D eigenvalue weighted by molar-refractivity contribution is 5.95. The Morgan fingerprint density at radius 3 is 2.86 bits per heavy atom. The van der Waals surface area contributed by atoms with Crippen molar-refractivity contribution in [3.8, 4) is 0 Å². The molecule has 0 saturated carbocycles. The molecule has 22 heavy (non-hydrogen) atoms. The Labute approximate surface area is 130 Å². The van der Waals surface area contributed by atoms with Gasteiger partial charge in [-0.05, 0) is 23.5 Å². The fraction of sp³-hybridized carbons (Fsp3) is 0.353. The fourth-order valence-electron chi connectivity index (χ4n) is 2.99. The van der Waals surface area contributed by atoms with Gasteiger partial charge in [-0.1, -0.05) is 38.1 Å². The summed E-state index contributed by atoms with van der Waals surface area (Å²) in [7, 11) is 0. The van der Waals surface area contributed by atoms with Crippen LogP contribution in [0.3, 0.4) is 0 Å². The van der Waals surface area contributed by atoms with Gasteiger partial charge in [-0.3, -0.25) is 4.79 Å². The number of aromatic nitrogens is 2. The molecule has 2 aromatic rings. The van der Waals surface area contributed by atoms with Crippen molar-refractivity contribution in [2.24, 2.45) is 5.73 Å². The largest absolute Gasteiger partial charge is 0.347 e. The molecule has 5 heteroatoms. The zero-order chi connectivity index (χ0) is 15.7. The molecule has 1 amide bonds. The Morgan fingerprint density at radius 1 is 1.36 bits per heavy atom. The van der Waals surface area contributed by atoms with Gasteiger partial charge in [0.25, 0.3) is 5.91 Å². The van der Waals surface area contributed by atoms with E-state index >= 15 is 0 Å². The van der Waals surface area contributed by atoms with E-state index in [9.17, 15) is 4.79 Å². The second-order valence-electron chi connectivity index (χ2n) is 5.99. The molecule has 2 atom stereocenters. The van der Waals surface area contributed by atoms with Crippen molar-refractivity contribution < 1.29 is 4.79 Å². The van der Waals surface area contributed by atoms with E-state index < -0.39 is 0 Å². The van der Waals surface area contributed by atoms with Gasteiger partial charge < -0.3 is 11.1 Å². The molecule has 3 N–H and O–H groups in total. The van der Waals surface area contributed by atoms with Crippen LogP contribution >= 0.6 is 0 Å². The van der Waals surface area contributed by atoms with Crippen LogP contribution in [-0.2, 0) is 6.42 Å². The summed E-state index contributed by atoms with van der Waals surface area (Å²) in [4.78, 5) is 20.8. The normalized spacial score (nSPS) is 20.0. The smallest absolute Gasteiger partial charge is 0.255 e. The van der Waals surface area contributed by atoms with Crippen molar-refractivity contribution in [1.82, 2.24) is 15.3 Å². The molecule has 0 unspecified atom stereocenters. The number of hydrogen-bond donors (Lipinski definition) is 2. The standard InChI is InChI=1S/C17H20N4O/c1-10(2)16-13(8-19-9-20-16)17(22)21-14-7-11-5-3-4-6-12(11)15(14)18/h3-6,8-10,14-15H,7,18H2,1-2H3,(H,21,22)/t14-,15-/m1/s1. The molecular weight excluding hydrogens is 276 g/mol. The summed E-state index contributed by atoms with van der Waals surface area (Å²) >= 11 is 0. The second-order valence-corrected chi connectivity index (χ2v) is 5.99. The van der Waals surface area contributed by atoms with Crippen LogP contribution < -0.4 is 11.1 Å². The number of rotatable bonds is 3. The number of nitrogens with one attached hydrogen (secondary N) is 1. The maximum atomic E-state index is 12.6. The van der Waals surface area contributed by atoms with Crippen LogP contribution in [0, 0.1) is 0 Å². The first-order chi connectivity index (χ1) is 10.6. The third kappa shape index (κ3) is 2.60. The third-order valence-electron chi connectivity index (χ3n) is 4.14. The topological polar surface area (TPSA) is 80.9 Å². The predicted molar refractivity (Wildman–Crippen MR) is 84.4 cm³/mol. The summed E-state index contributed by atoms with van der Waals surface area (Å²) in [5, 5.41) is 3.04. The monoisotopic (exact) mass is 296 g/mol. The second kappa shape index (κ2) is 5.85. The quantitative estimate of drug-likeness (QED) is 0.907. The van der Waals surface area contributed by atoms with Crippen LogP contribution in [0.4, 0.5) is 0 Å². The molecule has 0 fully saturated rings. The lowest BCUT2D eigenvalue weighted by molar-refractivity contribution is 0.0931. The van der Waals surface area contributed by atoms with Crippen LogP contribution in [0.5, 0.6) is 0 Å². The first kappa shape index (κ1) is 14.7.